The summed E-state index contributed by atoms with van der Waals surface area (Å²) in [6.45, 7) is 4.69. The minimum atomic E-state index is -0.0998. The van der Waals surface area contributed by atoms with Crippen molar-refractivity contribution in [2.45, 2.75) is 31.3 Å². The maximum atomic E-state index is 6.24. The summed E-state index contributed by atoms with van der Waals surface area (Å²) >= 11 is 0. The number of benzene rings is 7. The number of anilines is 3. The lowest BCUT2D eigenvalue weighted by molar-refractivity contribution is 0.269. The van der Waals surface area contributed by atoms with Gasteiger partial charge < -0.3 is 14.1 Å². The van der Waals surface area contributed by atoms with Gasteiger partial charge in [-0.05, 0) is 111 Å². The van der Waals surface area contributed by atoms with Gasteiger partial charge in [-0.2, -0.15) is 0 Å². The summed E-state index contributed by atoms with van der Waals surface area (Å²) < 4.78 is 12.4. The van der Waals surface area contributed by atoms with Gasteiger partial charge in [0.05, 0.1) is 0 Å². The summed E-state index contributed by atoms with van der Waals surface area (Å²) in [5, 5.41) is 2.28. The number of allylic oxidation sites excluding steroid dienone is 2. The van der Waals surface area contributed by atoms with Crippen molar-refractivity contribution in [3.05, 3.63) is 198 Å². The minimum Gasteiger partial charge on any atom is -0.485 e. The van der Waals surface area contributed by atoms with Gasteiger partial charge in [-0.1, -0.05) is 123 Å². The van der Waals surface area contributed by atoms with Crippen molar-refractivity contribution in [3.63, 3.8) is 0 Å². The van der Waals surface area contributed by atoms with Crippen LogP contribution >= 0.6 is 0 Å². The van der Waals surface area contributed by atoms with Crippen LogP contribution in [0, 0.1) is 0 Å². The number of para-hydroxylation sites is 2. The molecule has 0 radical (unpaired) electrons. The number of hydrogen-bond donors (Lipinski definition) is 0. The maximum Gasteiger partial charge on any atom is 0.135 e. The van der Waals surface area contributed by atoms with Crippen LogP contribution in [0.5, 0.6) is 5.75 Å². The summed E-state index contributed by atoms with van der Waals surface area (Å²) in [6, 6.07) is 57.0. The molecule has 2 heterocycles. The monoisotopic (exact) mass is 695 g/mol. The lowest BCUT2D eigenvalue weighted by atomic mass is 9.82. The van der Waals surface area contributed by atoms with E-state index in [2.05, 4.69) is 177 Å². The zero-order chi connectivity index (χ0) is 36.0. The fraction of sp³-hybridized carbons (Fsp3) is 0.0980. The fourth-order valence-corrected chi connectivity index (χ4v) is 9.03. The zero-order valence-electron chi connectivity index (χ0n) is 30.2. The molecule has 0 saturated carbocycles. The van der Waals surface area contributed by atoms with Gasteiger partial charge in [-0.15, -0.1) is 0 Å². The average Bonchev–Trinajstić information content (AvgIpc) is 3.86. The molecule has 258 valence electrons. The first-order valence-electron chi connectivity index (χ1n) is 18.8. The lowest BCUT2D eigenvalue weighted by Crippen LogP contribution is -2.17. The van der Waals surface area contributed by atoms with Crippen LogP contribution < -0.4 is 9.64 Å². The molecule has 0 bridgehead atoms. The second-order valence-corrected chi connectivity index (χ2v) is 15.3. The van der Waals surface area contributed by atoms with Crippen LogP contribution in [-0.2, 0) is 5.41 Å². The predicted molar refractivity (Wildman–Crippen MR) is 222 cm³/mol. The molecule has 3 heteroatoms. The summed E-state index contributed by atoms with van der Waals surface area (Å²) in [4.78, 5) is 2.39. The number of hydrogen-bond acceptors (Lipinski definition) is 3. The molecule has 1 aromatic heterocycles. The van der Waals surface area contributed by atoms with Crippen LogP contribution in [-0.4, -0.2) is 6.10 Å². The molecule has 3 aliphatic rings. The van der Waals surface area contributed by atoms with Gasteiger partial charge in [0.2, 0.25) is 0 Å². The molecule has 0 spiro atoms. The van der Waals surface area contributed by atoms with Crippen LogP contribution in [0.1, 0.15) is 42.0 Å². The number of fused-ring (bicyclic) bond motifs is 9. The standard InChI is InChI=1S/C51H37NO2/c1-51(2)45-12-6-3-9-39(45)40-26-25-38(31-46(40)51)52(36-21-15-32(16-22-36)34-19-27-49-43(29-34)41-10-4-7-13-47(41)53-49)37-23-17-33(18-24-37)35-20-28-50-44(30-35)42-11-5-8-14-48(42)54-50/h3-31,43,49H,1-2H3. The maximum absolute atomic E-state index is 6.24. The van der Waals surface area contributed by atoms with Crippen molar-refractivity contribution in [3.8, 4) is 28.0 Å². The molecule has 11 rings (SSSR count). The normalized spacial score (nSPS) is 17.4. The zero-order valence-corrected chi connectivity index (χ0v) is 30.2. The third kappa shape index (κ3) is 4.75. The summed E-state index contributed by atoms with van der Waals surface area (Å²) in [5.41, 5.74) is 16.5. The molecular formula is C51H37NO2. The van der Waals surface area contributed by atoms with E-state index in [1.807, 2.05) is 18.2 Å². The molecule has 0 N–H and O–H groups in total. The van der Waals surface area contributed by atoms with Crippen molar-refractivity contribution in [1.82, 2.24) is 0 Å². The Morgan fingerprint density at radius 1 is 0.537 bits per heavy atom. The van der Waals surface area contributed by atoms with E-state index >= 15 is 0 Å². The van der Waals surface area contributed by atoms with Crippen LogP contribution in [0.15, 0.2) is 180 Å². The van der Waals surface area contributed by atoms with Crippen molar-refractivity contribution in [2.75, 3.05) is 4.90 Å². The third-order valence-corrected chi connectivity index (χ3v) is 11.8. The molecule has 8 aromatic rings. The van der Waals surface area contributed by atoms with Gasteiger partial charge in [0.1, 0.15) is 23.0 Å². The Hall–Kier alpha value is -6.58. The van der Waals surface area contributed by atoms with Crippen LogP contribution in [0.2, 0.25) is 0 Å². The Morgan fingerprint density at radius 3 is 2.06 bits per heavy atom. The summed E-state index contributed by atoms with van der Waals surface area (Å²) in [6.07, 6.45) is 6.84. The van der Waals surface area contributed by atoms with Gasteiger partial charge >= 0.3 is 0 Å². The number of nitrogens with zero attached hydrogens (tertiary/aromatic N) is 1. The summed E-state index contributed by atoms with van der Waals surface area (Å²) in [5.74, 6) is 1.21. The first kappa shape index (κ1) is 31.0. The van der Waals surface area contributed by atoms with Crippen molar-refractivity contribution < 1.29 is 9.15 Å². The predicted octanol–water partition coefficient (Wildman–Crippen LogP) is 13.5. The van der Waals surface area contributed by atoms with Gasteiger partial charge in [0.15, 0.2) is 0 Å². The Bertz CT molecular complexity index is 2840. The molecule has 7 aromatic carbocycles. The molecule has 1 aliphatic heterocycles. The third-order valence-electron chi connectivity index (χ3n) is 11.8. The van der Waals surface area contributed by atoms with E-state index in [4.69, 9.17) is 9.15 Å². The first-order chi connectivity index (χ1) is 26.5. The molecule has 2 atom stereocenters. The minimum absolute atomic E-state index is 0.0556. The first-order valence-corrected chi connectivity index (χ1v) is 18.8. The van der Waals surface area contributed by atoms with E-state index in [1.165, 1.54) is 50.1 Å². The average molecular weight is 696 g/mol. The van der Waals surface area contributed by atoms with Crippen LogP contribution in [0.4, 0.5) is 17.1 Å². The Morgan fingerprint density at radius 2 is 1.20 bits per heavy atom. The molecule has 0 saturated heterocycles. The summed E-state index contributed by atoms with van der Waals surface area (Å²) in [7, 11) is 0. The topological polar surface area (TPSA) is 25.6 Å². The Labute approximate surface area is 315 Å². The van der Waals surface area contributed by atoms with Crippen molar-refractivity contribution in [1.29, 1.82) is 0 Å². The highest BCUT2D eigenvalue weighted by Gasteiger charge is 2.36. The van der Waals surface area contributed by atoms with E-state index in [-0.39, 0.29) is 17.4 Å². The van der Waals surface area contributed by atoms with Crippen LogP contribution in [0.25, 0.3) is 49.8 Å². The highest BCUT2D eigenvalue weighted by molar-refractivity contribution is 6.06. The Kier molecular flexibility index (Phi) is 6.72. The fourth-order valence-electron chi connectivity index (χ4n) is 9.03. The molecule has 2 aliphatic carbocycles. The molecule has 2 unspecified atom stereocenters. The van der Waals surface area contributed by atoms with Gasteiger partial charge in [0, 0.05) is 44.7 Å². The number of ether oxygens (including phenoxy) is 1. The van der Waals surface area contributed by atoms with Crippen molar-refractivity contribution >= 4 is 44.6 Å². The molecule has 0 fully saturated rings. The highest BCUT2D eigenvalue weighted by atomic mass is 16.5. The molecule has 3 nitrogen and oxygen atoms in total. The van der Waals surface area contributed by atoms with Gasteiger partial charge in [-0.3, -0.25) is 0 Å². The Balaban J connectivity index is 0.985. The van der Waals surface area contributed by atoms with Crippen LogP contribution in [0.3, 0.4) is 0 Å². The van der Waals surface area contributed by atoms with E-state index in [0.717, 1.165) is 44.8 Å². The van der Waals surface area contributed by atoms with E-state index in [0.29, 0.717) is 0 Å². The van der Waals surface area contributed by atoms with Gasteiger partial charge in [-0.25, -0.2) is 0 Å². The molecular weight excluding hydrogens is 659 g/mol. The molecule has 54 heavy (non-hydrogen) atoms. The van der Waals surface area contributed by atoms with E-state index < -0.39 is 0 Å². The lowest BCUT2D eigenvalue weighted by Gasteiger charge is -2.28. The highest BCUT2D eigenvalue weighted by Crippen LogP contribution is 2.51. The second kappa shape index (κ2) is 11.7. The van der Waals surface area contributed by atoms with E-state index in [1.54, 1.807) is 0 Å². The quantitative estimate of drug-likeness (QED) is 0.179. The number of furan rings is 1. The van der Waals surface area contributed by atoms with Gasteiger partial charge in [0.25, 0.3) is 0 Å². The molecule has 0 amide bonds. The largest absolute Gasteiger partial charge is 0.485 e. The second-order valence-electron chi connectivity index (χ2n) is 15.3. The SMILES string of the molecule is CC1(C)c2ccccc2-c2ccc(N(c3ccc(C4=CC5c6ccccc6OC5C=C4)cc3)c3ccc(-c4ccc5oc6ccccc6c5c4)cc3)cc21. The number of rotatable bonds is 5. The smallest absolute Gasteiger partial charge is 0.135 e. The van der Waals surface area contributed by atoms with Crippen molar-refractivity contribution in [2.24, 2.45) is 0 Å². The van der Waals surface area contributed by atoms with E-state index in [9.17, 15) is 0 Å².